The predicted molar refractivity (Wildman–Crippen MR) is 105 cm³/mol. The molecular weight excluding hydrogens is 324 g/mol. The molecular formula is C22H28N2O2. The van der Waals surface area contributed by atoms with Crippen LogP contribution in [0.25, 0.3) is 0 Å². The second-order valence-corrected chi connectivity index (χ2v) is 6.99. The van der Waals surface area contributed by atoms with Gasteiger partial charge in [0.15, 0.2) is 0 Å². The van der Waals surface area contributed by atoms with Crippen LogP contribution in [0.5, 0.6) is 0 Å². The summed E-state index contributed by atoms with van der Waals surface area (Å²) in [6.07, 6.45) is 0.882. The standard InChI is InChI=1S/C22H28N2O2/c1-3-23(16-21(25)19-10-8-17(2)9-11-19)14-13-22(26)24-15-12-18-6-4-5-7-20(18)24/h4-11,21,25H,3,12-16H2,1-2H3/t21-/m0/s1. The SMILES string of the molecule is CCN(CCC(=O)N1CCc2ccccc21)C[C@H](O)c1ccc(C)cc1. The highest BCUT2D eigenvalue weighted by molar-refractivity contribution is 5.95. The van der Waals surface area contributed by atoms with E-state index in [0.717, 1.165) is 30.8 Å². The number of carbonyl (C=O) groups is 1. The van der Waals surface area contributed by atoms with Crippen molar-refractivity contribution in [2.24, 2.45) is 0 Å². The van der Waals surface area contributed by atoms with Gasteiger partial charge in [-0.15, -0.1) is 0 Å². The first-order chi connectivity index (χ1) is 12.6. The fraction of sp³-hybridized carbons (Fsp3) is 0.409. The van der Waals surface area contributed by atoms with Crippen LogP contribution in [0.3, 0.4) is 0 Å². The number of hydrogen-bond acceptors (Lipinski definition) is 3. The van der Waals surface area contributed by atoms with Gasteiger partial charge in [0.1, 0.15) is 0 Å². The highest BCUT2D eigenvalue weighted by Crippen LogP contribution is 2.28. The number of aryl methyl sites for hydroxylation is 1. The van der Waals surface area contributed by atoms with Gasteiger partial charge < -0.3 is 14.9 Å². The average molecular weight is 352 g/mol. The van der Waals surface area contributed by atoms with Gasteiger partial charge in [0.25, 0.3) is 0 Å². The predicted octanol–water partition coefficient (Wildman–Crippen LogP) is 3.33. The van der Waals surface area contributed by atoms with E-state index in [1.807, 2.05) is 54.3 Å². The molecule has 0 fully saturated rings. The summed E-state index contributed by atoms with van der Waals surface area (Å²) in [6.45, 7) is 6.90. The van der Waals surface area contributed by atoms with Gasteiger partial charge in [-0.2, -0.15) is 0 Å². The Morgan fingerprint density at radius 1 is 1.19 bits per heavy atom. The van der Waals surface area contributed by atoms with Crippen molar-refractivity contribution in [3.05, 3.63) is 65.2 Å². The van der Waals surface area contributed by atoms with Crippen LogP contribution in [0, 0.1) is 6.92 Å². The van der Waals surface area contributed by atoms with E-state index in [1.165, 1.54) is 11.1 Å². The minimum absolute atomic E-state index is 0.165. The van der Waals surface area contributed by atoms with E-state index >= 15 is 0 Å². The van der Waals surface area contributed by atoms with Crippen LogP contribution in [0.1, 0.15) is 36.1 Å². The zero-order valence-corrected chi connectivity index (χ0v) is 15.7. The number of para-hydroxylation sites is 1. The molecule has 0 bridgehead atoms. The highest BCUT2D eigenvalue weighted by Gasteiger charge is 2.24. The Balaban J connectivity index is 1.54. The summed E-state index contributed by atoms with van der Waals surface area (Å²) in [5.74, 6) is 0.165. The van der Waals surface area contributed by atoms with Gasteiger partial charge in [-0.3, -0.25) is 4.79 Å². The van der Waals surface area contributed by atoms with Crippen molar-refractivity contribution in [3.63, 3.8) is 0 Å². The molecule has 1 aliphatic rings. The molecule has 1 N–H and O–H groups in total. The summed E-state index contributed by atoms with van der Waals surface area (Å²) in [4.78, 5) is 16.7. The van der Waals surface area contributed by atoms with Crippen molar-refractivity contribution < 1.29 is 9.90 Å². The number of rotatable bonds is 7. The third kappa shape index (κ3) is 4.32. The molecule has 0 unspecified atom stereocenters. The first-order valence-corrected chi connectivity index (χ1v) is 9.43. The van der Waals surface area contributed by atoms with Crippen LogP contribution in [-0.2, 0) is 11.2 Å². The van der Waals surface area contributed by atoms with Crippen LogP contribution < -0.4 is 4.90 Å². The summed E-state index contributed by atoms with van der Waals surface area (Å²) in [5, 5.41) is 10.5. The summed E-state index contributed by atoms with van der Waals surface area (Å²) >= 11 is 0. The van der Waals surface area contributed by atoms with Gasteiger partial charge in [-0.05, 0) is 37.1 Å². The van der Waals surface area contributed by atoms with Crippen molar-refractivity contribution >= 4 is 11.6 Å². The van der Waals surface area contributed by atoms with Crippen LogP contribution in [0.2, 0.25) is 0 Å². The minimum atomic E-state index is -0.529. The number of aliphatic hydroxyl groups is 1. The molecule has 0 aliphatic carbocycles. The number of amides is 1. The molecule has 1 heterocycles. The lowest BCUT2D eigenvalue weighted by molar-refractivity contribution is -0.118. The molecule has 0 spiro atoms. The van der Waals surface area contributed by atoms with Gasteiger partial charge >= 0.3 is 0 Å². The first kappa shape index (κ1) is 18.6. The van der Waals surface area contributed by atoms with Crippen molar-refractivity contribution in [3.8, 4) is 0 Å². The van der Waals surface area contributed by atoms with Gasteiger partial charge in [-0.1, -0.05) is 55.0 Å². The molecule has 2 aromatic carbocycles. The largest absolute Gasteiger partial charge is 0.387 e. The molecule has 26 heavy (non-hydrogen) atoms. The normalized spacial score (nSPS) is 14.5. The molecule has 4 nitrogen and oxygen atoms in total. The van der Waals surface area contributed by atoms with E-state index in [2.05, 4.69) is 17.9 Å². The third-order valence-corrected chi connectivity index (χ3v) is 5.17. The number of likely N-dealkylation sites (N-methyl/N-ethyl adjacent to an activating group) is 1. The fourth-order valence-electron chi connectivity index (χ4n) is 3.50. The molecule has 4 heteroatoms. The lowest BCUT2D eigenvalue weighted by atomic mass is 10.1. The Morgan fingerprint density at radius 2 is 1.92 bits per heavy atom. The number of nitrogens with zero attached hydrogens (tertiary/aromatic N) is 2. The van der Waals surface area contributed by atoms with Crippen LogP contribution >= 0.6 is 0 Å². The van der Waals surface area contributed by atoms with E-state index in [9.17, 15) is 9.90 Å². The van der Waals surface area contributed by atoms with Crippen molar-refractivity contribution in [1.82, 2.24) is 4.90 Å². The fourth-order valence-corrected chi connectivity index (χ4v) is 3.50. The molecule has 1 atom stereocenters. The highest BCUT2D eigenvalue weighted by atomic mass is 16.3. The Kier molecular flexibility index (Phi) is 6.07. The number of fused-ring (bicyclic) bond motifs is 1. The molecule has 1 aliphatic heterocycles. The summed E-state index contributed by atoms with van der Waals surface area (Å²) in [7, 11) is 0. The molecule has 0 saturated heterocycles. The van der Waals surface area contributed by atoms with Crippen LogP contribution in [0.15, 0.2) is 48.5 Å². The van der Waals surface area contributed by atoms with Crippen molar-refractivity contribution in [1.29, 1.82) is 0 Å². The Morgan fingerprint density at radius 3 is 2.65 bits per heavy atom. The lowest BCUT2D eigenvalue weighted by Gasteiger charge is -2.25. The molecule has 138 valence electrons. The topological polar surface area (TPSA) is 43.8 Å². The van der Waals surface area contributed by atoms with Gasteiger partial charge in [0, 0.05) is 31.7 Å². The van der Waals surface area contributed by atoms with Gasteiger partial charge in [-0.25, -0.2) is 0 Å². The molecule has 1 amide bonds. The molecule has 0 aromatic heterocycles. The summed E-state index contributed by atoms with van der Waals surface area (Å²) < 4.78 is 0. The van der Waals surface area contributed by atoms with E-state index < -0.39 is 6.10 Å². The number of aliphatic hydroxyl groups excluding tert-OH is 1. The van der Waals surface area contributed by atoms with E-state index in [4.69, 9.17) is 0 Å². The van der Waals surface area contributed by atoms with Crippen molar-refractivity contribution in [2.45, 2.75) is 32.8 Å². The lowest BCUT2D eigenvalue weighted by Crippen LogP contribution is -2.35. The average Bonchev–Trinajstić information content (AvgIpc) is 3.09. The monoisotopic (exact) mass is 352 g/mol. The zero-order valence-electron chi connectivity index (χ0n) is 15.7. The summed E-state index contributed by atoms with van der Waals surface area (Å²) in [5.41, 5.74) is 4.42. The number of carbonyl (C=O) groups excluding carboxylic acids is 1. The molecule has 0 saturated carbocycles. The second kappa shape index (κ2) is 8.47. The minimum Gasteiger partial charge on any atom is -0.387 e. The molecule has 2 aromatic rings. The third-order valence-electron chi connectivity index (χ3n) is 5.17. The smallest absolute Gasteiger partial charge is 0.228 e. The Bertz CT molecular complexity index is 742. The maximum absolute atomic E-state index is 12.7. The molecule has 3 rings (SSSR count). The van der Waals surface area contributed by atoms with Gasteiger partial charge in [0.2, 0.25) is 5.91 Å². The maximum atomic E-state index is 12.7. The van der Waals surface area contributed by atoms with Crippen molar-refractivity contribution in [2.75, 3.05) is 31.1 Å². The zero-order chi connectivity index (χ0) is 18.5. The first-order valence-electron chi connectivity index (χ1n) is 9.43. The second-order valence-electron chi connectivity index (χ2n) is 6.99. The van der Waals surface area contributed by atoms with E-state index in [1.54, 1.807) is 0 Å². The Labute approximate surface area is 156 Å². The van der Waals surface area contributed by atoms with E-state index in [0.29, 0.717) is 19.5 Å². The molecule has 0 radical (unpaired) electrons. The van der Waals surface area contributed by atoms with Crippen LogP contribution in [0.4, 0.5) is 5.69 Å². The number of hydrogen-bond donors (Lipinski definition) is 1. The number of benzene rings is 2. The number of anilines is 1. The summed E-state index contributed by atoms with van der Waals surface area (Å²) in [6, 6.07) is 16.1. The van der Waals surface area contributed by atoms with E-state index in [-0.39, 0.29) is 5.91 Å². The Hall–Kier alpha value is -2.17. The maximum Gasteiger partial charge on any atom is 0.228 e. The van der Waals surface area contributed by atoms with Crippen LogP contribution in [-0.4, -0.2) is 42.1 Å². The quantitative estimate of drug-likeness (QED) is 0.831. The van der Waals surface area contributed by atoms with Gasteiger partial charge in [0.05, 0.1) is 6.10 Å².